The molecule has 0 saturated carbocycles. The molecule has 0 aliphatic rings. The van der Waals surface area contributed by atoms with Gasteiger partial charge >= 0.3 is 0 Å². The predicted molar refractivity (Wildman–Crippen MR) is 80.1 cm³/mol. The molecular weight excluding hydrogens is 269 g/mol. The van der Waals surface area contributed by atoms with Crippen molar-refractivity contribution in [3.63, 3.8) is 0 Å². The first-order valence-electron chi connectivity index (χ1n) is 6.47. The number of ether oxygens (including phenoxy) is 1. The number of carbonyl (C=O) groups is 1. The van der Waals surface area contributed by atoms with Crippen LogP contribution in [0.25, 0.3) is 0 Å². The number of halogens is 1. The lowest BCUT2D eigenvalue weighted by Gasteiger charge is -2.09. The summed E-state index contributed by atoms with van der Waals surface area (Å²) >= 11 is 0. The lowest BCUT2D eigenvalue weighted by molar-refractivity contribution is 0.104. The van der Waals surface area contributed by atoms with Crippen molar-refractivity contribution in [2.75, 3.05) is 14.1 Å². The van der Waals surface area contributed by atoms with Gasteiger partial charge in [0, 0.05) is 26.4 Å². The van der Waals surface area contributed by atoms with Crippen molar-refractivity contribution in [2.24, 2.45) is 0 Å². The Bertz CT molecular complexity index is 648. The van der Waals surface area contributed by atoms with E-state index in [-0.39, 0.29) is 11.6 Å². The Morgan fingerprint density at radius 3 is 2.43 bits per heavy atom. The summed E-state index contributed by atoms with van der Waals surface area (Å²) in [5.41, 5.74) is 0.458. The molecule has 0 amide bonds. The number of allylic oxidation sites excluding steroid dienone is 1. The zero-order chi connectivity index (χ0) is 15.2. The average molecular weight is 285 g/mol. The molecule has 0 bridgehead atoms. The Balaban J connectivity index is 2.24. The number of nitrogens with zero attached hydrogens (tertiary/aromatic N) is 1. The summed E-state index contributed by atoms with van der Waals surface area (Å²) in [6.45, 7) is 0. The molecule has 0 radical (unpaired) electrons. The van der Waals surface area contributed by atoms with Crippen LogP contribution in [-0.4, -0.2) is 24.8 Å². The maximum atomic E-state index is 12.9. The van der Waals surface area contributed by atoms with E-state index in [1.165, 1.54) is 30.3 Å². The molecule has 21 heavy (non-hydrogen) atoms. The summed E-state index contributed by atoms with van der Waals surface area (Å²) in [6, 6.07) is 12.6. The minimum atomic E-state index is -0.333. The third kappa shape index (κ3) is 4.18. The van der Waals surface area contributed by atoms with E-state index in [1.54, 1.807) is 35.4 Å². The van der Waals surface area contributed by atoms with Crippen LogP contribution < -0.4 is 4.74 Å². The molecule has 0 N–H and O–H groups in total. The van der Waals surface area contributed by atoms with Gasteiger partial charge in [0.2, 0.25) is 0 Å². The highest BCUT2D eigenvalue weighted by Gasteiger charge is 2.10. The van der Waals surface area contributed by atoms with Gasteiger partial charge in [-0.1, -0.05) is 12.1 Å². The van der Waals surface area contributed by atoms with E-state index in [0.717, 1.165) is 0 Å². The van der Waals surface area contributed by atoms with Crippen LogP contribution in [0.4, 0.5) is 4.39 Å². The zero-order valence-electron chi connectivity index (χ0n) is 11.9. The highest BCUT2D eigenvalue weighted by Crippen LogP contribution is 2.26. The molecule has 0 atom stereocenters. The molecule has 2 aromatic carbocycles. The largest absolute Gasteiger partial charge is 0.457 e. The molecular formula is C17H16FNO2. The van der Waals surface area contributed by atoms with E-state index >= 15 is 0 Å². The second kappa shape index (κ2) is 6.70. The highest BCUT2D eigenvalue weighted by molar-refractivity contribution is 6.06. The Morgan fingerprint density at radius 2 is 1.76 bits per heavy atom. The van der Waals surface area contributed by atoms with Crippen LogP contribution in [0.1, 0.15) is 10.4 Å². The van der Waals surface area contributed by atoms with Gasteiger partial charge in [-0.25, -0.2) is 4.39 Å². The fourth-order valence-electron chi connectivity index (χ4n) is 1.70. The topological polar surface area (TPSA) is 29.5 Å². The van der Waals surface area contributed by atoms with E-state index in [9.17, 15) is 9.18 Å². The minimum Gasteiger partial charge on any atom is -0.457 e. The summed E-state index contributed by atoms with van der Waals surface area (Å²) in [6.07, 6.45) is 3.16. The Morgan fingerprint density at radius 1 is 1.10 bits per heavy atom. The smallest absolute Gasteiger partial charge is 0.191 e. The molecule has 3 nitrogen and oxygen atoms in total. The summed E-state index contributed by atoms with van der Waals surface area (Å²) in [4.78, 5) is 13.9. The molecule has 0 unspecified atom stereocenters. The summed E-state index contributed by atoms with van der Waals surface area (Å²) in [7, 11) is 3.68. The number of ketones is 1. The van der Waals surface area contributed by atoms with Crippen LogP contribution in [-0.2, 0) is 0 Å². The fourth-order valence-corrected chi connectivity index (χ4v) is 1.70. The van der Waals surface area contributed by atoms with Crippen LogP contribution in [0, 0.1) is 5.82 Å². The highest BCUT2D eigenvalue weighted by atomic mass is 19.1. The number of hydrogen-bond acceptors (Lipinski definition) is 3. The molecule has 2 aromatic rings. The first kappa shape index (κ1) is 14.8. The van der Waals surface area contributed by atoms with Gasteiger partial charge in [0.25, 0.3) is 0 Å². The van der Waals surface area contributed by atoms with Crippen LogP contribution >= 0.6 is 0 Å². The quantitative estimate of drug-likeness (QED) is 0.617. The van der Waals surface area contributed by atoms with E-state index < -0.39 is 0 Å². The molecule has 2 rings (SSSR count). The van der Waals surface area contributed by atoms with E-state index in [2.05, 4.69) is 0 Å². The van der Waals surface area contributed by atoms with Gasteiger partial charge in [-0.3, -0.25) is 4.79 Å². The Labute approximate surface area is 123 Å². The Kier molecular flexibility index (Phi) is 4.72. The second-order valence-electron chi connectivity index (χ2n) is 4.70. The monoisotopic (exact) mass is 285 g/mol. The normalized spacial score (nSPS) is 10.6. The van der Waals surface area contributed by atoms with Crippen molar-refractivity contribution in [1.29, 1.82) is 0 Å². The van der Waals surface area contributed by atoms with Crippen LogP contribution in [0.5, 0.6) is 11.5 Å². The van der Waals surface area contributed by atoms with E-state index in [0.29, 0.717) is 17.1 Å². The molecule has 0 spiro atoms. The SMILES string of the molecule is CN(C)/C=C/C(=O)c1ccccc1Oc1ccc(F)cc1. The second-order valence-corrected chi connectivity index (χ2v) is 4.70. The molecule has 108 valence electrons. The van der Waals surface area contributed by atoms with Crippen molar-refractivity contribution >= 4 is 5.78 Å². The molecule has 0 aliphatic heterocycles. The van der Waals surface area contributed by atoms with Crippen molar-refractivity contribution in [2.45, 2.75) is 0 Å². The van der Waals surface area contributed by atoms with Crippen LogP contribution in [0.15, 0.2) is 60.8 Å². The first-order chi connectivity index (χ1) is 10.1. The number of para-hydroxylation sites is 1. The third-order valence-corrected chi connectivity index (χ3v) is 2.72. The number of carbonyl (C=O) groups excluding carboxylic acids is 1. The predicted octanol–water partition coefficient (Wildman–Crippen LogP) is 3.88. The average Bonchev–Trinajstić information content (AvgIpc) is 2.48. The van der Waals surface area contributed by atoms with Crippen molar-refractivity contribution in [3.05, 3.63) is 72.2 Å². The fraction of sp³-hybridized carbons (Fsp3) is 0.118. The molecule has 0 aromatic heterocycles. The lowest BCUT2D eigenvalue weighted by atomic mass is 10.1. The summed E-state index contributed by atoms with van der Waals surface area (Å²) < 4.78 is 18.5. The molecule has 4 heteroatoms. The van der Waals surface area contributed by atoms with Gasteiger partial charge in [-0.15, -0.1) is 0 Å². The molecule has 0 heterocycles. The zero-order valence-corrected chi connectivity index (χ0v) is 11.9. The maximum absolute atomic E-state index is 12.9. The summed E-state index contributed by atoms with van der Waals surface area (Å²) in [5, 5.41) is 0. The number of benzene rings is 2. The first-order valence-corrected chi connectivity index (χ1v) is 6.47. The summed E-state index contributed by atoms with van der Waals surface area (Å²) in [5.74, 6) is 0.438. The van der Waals surface area contributed by atoms with Gasteiger partial charge in [0.05, 0.1) is 5.56 Å². The van der Waals surface area contributed by atoms with Crippen molar-refractivity contribution in [1.82, 2.24) is 4.90 Å². The van der Waals surface area contributed by atoms with Crippen LogP contribution in [0.3, 0.4) is 0 Å². The minimum absolute atomic E-state index is 0.151. The van der Waals surface area contributed by atoms with Crippen molar-refractivity contribution < 1.29 is 13.9 Å². The van der Waals surface area contributed by atoms with E-state index in [4.69, 9.17) is 4.74 Å². The van der Waals surface area contributed by atoms with Crippen molar-refractivity contribution in [3.8, 4) is 11.5 Å². The number of rotatable bonds is 5. The third-order valence-electron chi connectivity index (χ3n) is 2.72. The molecule has 0 fully saturated rings. The van der Waals surface area contributed by atoms with Crippen LogP contribution in [0.2, 0.25) is 0 Å². The van der Waals surface area contributed by atoms with Gasteiger partial charge in [0.15, 0.2) is 5.78 Å². The van der Waals surface area contributed by atoms with Gasteiger partial charge < -0.3 is 9.64 Å². The number of hydrogen-bond donors (Lipinski definition) is 0. The van der Waals surface area contributed by atoms with Gasteiger partial charge in [-0.2, -0.15) is 0 Å². The van der Waals surface area contributed by atoms with E-state index in [1.807, 2.05) is 14.1 Å². The molecule has 0 aliphatic carbocycles. The van der Waals surface area contributed by atoms with Gasteiger partial charge in [0.1, 0.15) is 17.3 Å². The lowest BCUT2D eigenvalue weighted by Crippen LogP contribution is -2.04. The Hall–Kier alpha value is -2.62. The maximum Gasteiger partial charge on any atom is 0.191 e. The van der Waals surface area contributed by atoms with Gasteiger partial charge in [-0.05, 0) is 36.4 Å². The molecule has 0 saturated heterocycles. The standard InChI is InChI=1S/C17H16FNO2/c1-19(2)12-11-16(20)15-5-3-4-6-17(15)21-14-9-7-13(18)8-10-14/h3-12H,1-2H3/b12-11+.